The molecule has 3 N–H and O–H groups in total. The molecule has 7 heteroatoms. The van der Waals surface area contributed by atoms with Gasteiger partial charge in [0.1, 0.15) is 0 Å². The quantitative estimate of drug-likeness (QED) is 0.781. The van der Waals surface area contributed by atoms with E-state index in [1.165, 1.54) is 24.3 Å². The first kappa shape index (κ1) is 17.2. The van der Waals surface area contributed by atoms with Crippen molar-refractivity contribution in [2.75, 3.05) is 0 Å². The van der Waals surface area contributed by atoms with Gasteiger partial charge in [-0.15, -0.1) is 8.19 Å². The SMILES string of the molecule is O=C(O)c1ccc(C(=O)O)c(-c2cccccc[pH]c2C(=O)O)c1. The molecule has 1 unspecified atom stereocenters. The minimum atomic E-state index is -1.26. The fraction of sp³-hybridized carbons (Fsp3) is 0. The van der Waals surface area contributed by atoms with E-state index in [0.29, 0.717) is 0 Å². The first-order valence-electron chi connectivity index (χ1n) is 6.77. The monoisotopic (exact) mass is 344 g/mol. The van der Waals surface area contributed by atoms with Gasteiger partial charge in [0.15, 0.2) is 0 Å². The minimum absolute atomic E-state index is 0.0104. The van der Waals surface area contributed by atoms with Gasteiger partial charge < -0.3 is 15.3 Å². The van der Waals surface area contributed by atoms with Crippen LogP contribution < -0.4 is 0 Å². The second kappa shape index (κ2) is 7.44. The predicted octanol–water partition coefficient (Wildman–Crippen LogP) is 3.60. The molecular formula is C17H13O6P. The molecule has 0 saturated carbocycles. The highest BCUT2D eigenvalue weighted by Gasteiger charge is 2.18. The zero-order valence-corrected chi connectivity index (χ0v) is 13.3. The molecule has 0 aliphatic heterocycles. The van der Waals surface area contributed by atoms with Gasteiger partial charge >= 0.3 is 17.9 Å². The molecule has 1 heterocycles. The van der Waals surface area contributed by atoms with Gasteiger partial charge in [0.05, 0.1) is 16.4 Å². The number of rotatable bonds is 4. The summed E-state index contributed by atoms with van der Waals surface area (Å²) < 4.78 is 0. The molecular weight excluding hydrogens is 331 g/mol. The van der Waals surface area contributed by atoms with Crippen LogP contribution >= 0.6 is 8.19 Å². The fourth-order valence-corrected chi connectivity index (χ4v) is 2.99. The molecule has 0 bridgehead atoms. The molecule has 0 saturated heterocycles. The smallest absolute Gasteiger partial charge is 0.340 e. The summed E-state index contributed by atoms with van der Waals surface area (Å²) in [5, 5.41) is 28.0. The Labute approximate surface area is 138 Å². The molecule has 1 aromatic carbocycles. The van der Waals surface area contributed by atoms with Crippen LogP contribution in [0.4, 0.5) is 0 Å². The maximum Gasteiger partial charge on any atom is 0.340 e. The van der Waals surface area contributed by atoms with Crippen molar-refractivity contribution in [3.05, 3.63) is 70.8 Å². The number of carboxylic acid groups (broad SMARTS) is 3. The van der Waals surface area contributed by atoms with Gasteiger partial charge in [-0.1, -0.05) is 30.3 Å². The molecule has 2 rings (SSSR count). The minimum Gasteiger partial charge on any atom is -0.478 e. The van der Waals surface area contributed by atoms with Crippen molar-refractivity contribution in [2.45, 2.75) is 0 Å². The van der Waals surface area contributed by atoms with Crippen LogP contribution in [0.2, 0.25) is 0 Å². The molecule has 2 aromatic rings. The third-order valence-corrected chi connectivity index (χ3v) is 4.32. The summed E-state index contributed by atoms with van der Waals surface area (Å²) in [6.07, 6.45) is 0. The summed E-state index contributed by atoms with van der Waals surface area (Å²) >= 11 is 0. The summed E-state index contributed by atoms with van der Waals surface area (Å²) in [5.41, 5.74) is -0.0323. The number of hydrogen-bond acceptors (Lipinski definition) is 3. The largest absolute Gasteiger partial charge is 0.478 e. The Bertz CT molecular complexity index is 867. The number of benzene rings is 1. The average Bonchev–Trinajstić information content (AvgIpc) is 2.65. The molecule has 1 atom stereocenters. The van der Waals surface area contributed by atoms with Crippen molar-refractivity contribution in [3.8, 4) is 11.1 Å². The summed E-state index contributed by atoms with van der Waals surface area (Å²) in [6, 6.07) is 11.7. The van der Waals surface area contributed by atoms with Crippen LogP contribution in [-0.2, 0) is 0 Å². The van der Waals surface area contributed by atoms with Crippen molar-refractivity contribution < 1.29 is 29.7 Å². The van der Waals surface area contributed by atoms with Crippen LogP contribution in [-0.4, -0.2) is 33.2 Å². The second-order valence-corrected chi connectivity index (χ2v) is 5.83. The standard InChI is InChI=1S/C17H13O6P/c18-15(19)10-6-7-12(16(20)21)13(9-10)11-5-3-1-2-4-8-24-14(11)17(22)23/h1-9,24H,(H,18,19)(H,20,21)(H,22,23). The lowest BCUT2D eigenvalue weighted by Crippen LogP contribution is -2.05. The van der Waals surface area contributed by atoms with Gasteiger partial charge in [0.2, 0.25) is 0 Å². The van der Waals surface area contributed by atoms with Crippen molar-refractivity contribution in [2.24, 2.45) is 0 Å². The average molecular weight is 344 g/mol. The highest BCUT2D eigenvalue weighted by atomic mass is 31.0. The van der Waals surface area contributed by atoms with Crippen LogP contribution in [0.3, 0.4) is 0 Å². The van der Waals surface area contributed by atoms with Crippen molar-refractivity contribution in [1.29, 1.82) is 0 Å². The Balaban J connectivity index is 2.91. The summed E-state index contributed by atoms with van der Waals surface area (Å²) in [6.45, 7) is 0. The van der Waals surface area contributed by atoms with Crippen LogP contribution in [0.1, 0.15) is 30.8 Å². The molecule has 24 heavy (non-hydrogen) atoms. The van der Waals surface area contributed by atoms with Gasteiger partial charge in [0, 0.05) is 5.56 Å². The molecule has 1 aromatic heterocycles. The predicted molar refractivity (Wildman–Crippen MR) is 89.9 cm³/mol. The summed E-state index contributed by atoms with van der Waals surface area (Å²) in [5.74, 6) is -2.01. The van der Waals surface area contributed by atoms with E-state index in [-0.39, 0.29) is 35.7 Å². The van der Waals surface area contributed by atoms with E-state index in [4.69, 9.17) is 5.11 Å². The van der Waals surface area contributed by atoms with E-state index in [1.807, 2.05) is 0 Å². The van der Waals surface area contributed by atoms with E-state index < -0.39 is 17.9 Å². The van der Waals surface area contributed by atoms with Crippen LogP contribution in [0.15, 0.2) is 54.3 Å². The van der Waals surface area contributed by atoms with Gasteiger partial charge in [-0.25, -0.2) is 14.4 Å². The molecule has 0 spiro atoms. The molecule has 6 nitrogen and oxygen atoms in total. The van der Waals surface area contributed by atoms with E-state index in [9.17, 15) is 24.6 Å². The van der Waals surface area contributed by atoms with Crippen molar-refractivity contribution in [1.82, 2.24) is 0 Å². The highest BCUT2D eigenvalue weighted by Crippen LogP contribution is 2.31. The lowest BCUT2D eigenvalue weighted by molar-refractivity contribution is 0.0681. The molecule has 0 amide bonds. The van der Waals surface area contributed by atoms with Crippen molar-refractivity contribution >= 4 is 26.1 Å². The Kier molecular flexibility index (Phi) is 5.35. The van der Waals surface area contributed by atoms with E-state index in [1.54, 1.807) is 30.1 Å². The van der Waals surface area contributed by atoms with E-state index >= 15 is 0 Å². The van der Waals surface area contributed by atoms with Gasteiger partial charge in [-0.3, -0.25) is 0 Å². The molecule has 0 radical (unpaired) electrons. The topological polar surface area (TPSA) is 112 Å². The van der Waals surface area contributed by atoms with Gasteiger partial charge in [-0.05, 0) is 29.6 Å². The van der Waals surface area contributed by atoms with Gasteiger partial charge in [0.25, 0.3) is 0 Å². The summed E-state index contributed by atoms with van der Waals surface area (Å²) in [4.78, 5) is 34.3. The molecule has 122 valence electrons. The Hall–Kier alpha value is -3.11. The maximum absolute atomic E-state index is 11.6. The number of hydrogen-bond donors (Lipinski definition) is 3. The third-order valence-electron chi connectivity index (χ3n) is 3.19. The number of carbonyl (C=O) groups is 3. The lowest BCUT2D eigenvalue weighted by atomic mass is 9.97. The second-order valence-electron chi connectivity index (χ2n) is 4.71. The molecule has 0 aliphatic rings. The lowest BCUT2D eigenvalue weighted by Gasteiger charge is -2.09. The Morgan fingerprint density at radius 2 is 1.46 bits per heavy atom. The maximum atomic E-state index is 11.6. The number of carboxylic acids is 3. The van der Waals surface area contributed by atoms with Crippen LogP contribution in [0.25, 0.3) is 11.1 Å². The van der Waals surface area contributed by atoms with E-state index in [2.05, 4.69) is 0 Å². The van der Waals surface area contributed by atoms with Crippen LogP contribution in [0.5, 0.6) is 0 Å². The zero-order chi connectivity index (χ0) is 17.7. The number of aromatic carboxylic acids is 3. The first-order chi connectivity index (χ1) is 11.4. The Morgan fingerprint density at radius 3 is 2.08 bits per heavy atom. The normalized spacial score (nSPS) is 10.2. The summed E-state index contributed by atoms with van der Waals surface area (Å²) in [7, 11) is -0.199. The fourth-order valence-electron chi connectivity index (χ4n) is 2.12. The molecule has 0 aliphatic carbocycles. The van der Waals surface area contributed by atoms with Crippen molar-refractivity contribution in [3.63, 3.8) is 0 Å². The third kappa shape index (κ3) is 3.80. The highest BCUT2D eigenvalue weighted by molar-refractivity contribution is 7.31. The zero-order valence-electron chi connectivity index (χ0n) is 12.3. The van der Waals surface area contributed by atoms with Crippen LogP contribution in [0, 0.1) is 0 Å². The van der Waals surface area contributed by atoms with E-state index in [0.717, 1.165) is 0 Å². The van der Waals surface area contributed by atoms with Gasteiger partial charge in [-0.2, -0.15) is 0 Å². The molecule has 0 fully saturated rings. The Morgan fingerprint density at radius 1 is 0.750 bits per heavy atom. The first-order valence-corrected chi connectivity index (χ1v) is 7.84.